The van der Waals surface area contributed by atoms with Crippen molar-refractivity contribution >= 4 is 23.8 Å². The zero-order chi connectivity index (χ0) is 22.5. The van der Waals surface area contributed by atoms with Gasteiger partial charge < -0.3 is 15.5 Å². The maximum atomic E-state index is 13.5. The lowest BCUT2D eigenvalue weighted by atomic mass is 10.1. The lowest BCUT2D eigenvalue weighted by Crippen LogP contribution is -2.33. The standard InChI is InChI=1S/C23H25FN6O2/c1-29-13-18(12-27-29)20-5-6-21(30(15-31)14-17-8-10-26-23(17)32)22(28-20)25-9-7-16-3-2-4-19(24)11-16/h2-6,11-13,15,17H,7-10,14H2,1H3,(H,25,28)(H,26,32). The van der Waals surface area contributed by atoms with Gasteiger partial charge >= 0.3 is 0 Å². The first-order chi connectivity index (χ1) is 15.5. The zero-order valence-corrected chi connectivity index (χ0v) is 17.8. The summed E-state index contributed by atoms with van der Waals surface area (Å²) in [4.78, 5) is 30.2. The molecular formula is C23H25FN6O2. The summed E-state index contributed by atoms with van der Waals surface area (Å²) in [5.41, 5.74) is 3.00. The first kappa shape index (κ1) is 21.5. The highest BCUT2D eigenvalue weighted by Crippen LogP contribution is 2.29. The highest BCUT2D eigenvalue weighted by molar-refractivity contribution is 5.86. The molecule has 1 unspecified atom stereocenters. The number of pyridine rings is 1. The highest BCUT2D eigenvalue weighted by atomic mass is 19.1. The fraction of sp³-hybridized carbons (Fsp3) is 0.304. The summed E-state index contributed by atoms with van der Waals surface area (Å²) >= 11 is 0. The average molecular weight is 436 g/mol. The van der Waals surface area contributed by atoms with Crippen molar-refractivity contribution < 1.29 is 14.0 Å². The molecule has 3 aromatic rings. The van der Waals surface area contributed by atoms with Gasteiger partial charge in [0.15, 0.2) is 5.82 Å². The monoisotopic (exact) mass is 436 g/mol. The number of hydrogen-bond donors (Lipinski definition) is 2. The molecular weight excluding hydrogens is 411 g/mol. The van der Waals surface area contributed by atoms with Crippen molar-refractivity contribution in [2.24, 2.45) is 13.0 Å². The van der Waals surface area contributed by atoms with E-state index in [4.69, 9.17) is 4.98 Å². The van der Waals surface area contributed by atoms with Gasteiger partial charge in [0.05, 0.1) is 23.5 Å². The molecule has 8 nitrogen and oxygen atoms in total. The smallest absolute Gasteiger partial charge is 0.224 e. The molecule has 0 spiro atoms. The van der Waals surface area contributed by atoms with E-state index in [0.717, 1.165) is 17.5 Å². The van der Waals surface area contributed by atoms with Gasteiger partial charge in [-0.25, -0.2) is 9.37 Å². The van der Waals surface area contributed by atoms with Crippen molar-refractivity contribution in [3.05, 3.63) is 60.2 Å². The second-order valence-corrected chi connectivity index (χ2v) is 7.81. The fourth-order valence-electron chi connectivity index (χ4n) is 3.80. The van der Waals surface area contributed by atoms with Gasteiger partial charge in [0.2, 0.25) is 12.3 Å². The first-order valence-corrected chi connectivity index (χ1v) is 10.5. The van der Waals surface area contributed by atoms with Crippen LogP contribution < -0.4 is 15.5 Å². The van der Waals surface area contributed by atoms with Gasteiger partial charge in [0, 0.05) is 38.4 Å². The van der Waals surface area contributed by atoms with Crippen molar-refractivity contribution in [3.8, 4) is 11.3 Å². The molecule has 0 saturated carbocycles. The quantitative estimate of drug-likeness (QED) is 0.503. The van der Waals surface area contributed by atoms with Gasteiger partial charge in [-0.15, -0.1) is 0 Å². The Hall–Kier alpha value is -3.75. The Balaban J connectivity index is 1.58. The number of anilines is 2. The average Bonchev–Trinajstić information content (AvgIpc) is 3.40. The molecule has 166 valence electrons. The summed E-state index contributed by atoms with van der Waals surface area (Å²) in [7, 11) is 1.83. The van der Waals surface area contributed by atoms with Gasteiger partial charge in [-0.1, -0.05) is 12.1 Å². The Morgan fingerprint density at radius 2 is 2.22 bits per heavy atom. The van der Waals surface area contributed by atoms with E-state index in [1.165, 1.54) is 17.0 Å². The molecule has 1 atom stereocenters. The van der Waals surface area contributed by atoms with Crippen LogP contribution in [0.4, 0.5) is 15.9 Å². The Kier molecular flexibility index (Phi) is 6.44. The van der Waals surface area contributed by atoms with Gasteiger partial charge in [0.1, 0.15) is 5.82 Å². The summed E-state index contributed by atoms with van der Waals surface area (Å²) in [5.74, 6) is -0.0501. The largest absolute Gasteiger partial charge is 0.368 e. The number of carbonyl (C=O) groups excluding carboxylic acids is 2. The minimum absolute atomic E-state index is 0.0441. The van der Waals surface area contributed by atoms with Crippen LogP contribution in [0.2, 0.25) is 0 Å². The molecule has 2 N–H and O–H groups in total. The van der Waals surface area contributed by atoms with E-state index in [1.807, 2.05) is 31.4 Å². The summed E-state index contributed by atoms with van der Waals surface area (Å²) in [6, 6.07) is 10.1. The maximum absolute atomic E-state index is 13.5. The normalized spacial score (nSPS) is 15.4. The van der Waals surface area contributed by atoms with E-state index in [-0.39, 0.29) is 24.2 Å². The van der Waals surface area contributed by atoms with Gasteiger partial charge in [-0.2, -0.15) is 5.10 Å². The van der Waals surface area contributed by atoms with Crippen LogP contribution in [0.5, 0.6) is 0 Å². The van der Waals surface area contributed by atoms with Crippen LogP contribution in [0.15, 0.2) is 48.8 Å². The number of nitrogens with zero attached hydrogens (tertiary/aromatic N) is 4. The Labute approximate surface area is 185 Å². The van der Waals surface area contributed by atoms with Crippen molar-refractivity contribution in [1.29, 1.82) is 0 Å². The van der Waals surface area contributed by atoms with Gasteiger partial charge in [-0.3, -0.25) is 14.3 Å². The fourth-order valence-corrected chi connectivity index (χ4v) is 3.80. The molecule has 1 saturated heterocycles. The van der Waals surface area contributed by atoms with Gasteiger partial charge in [-0.05, 0) is 42.7 Å². The number of aromatic nitrogens is 3. The van der Waals surface area contributed by atoms with Crippen LogP contribution in [0.25, 0.3) is 11.3 Å². The molecule has 0 radical (unpaired) electrons. The summed E-state index contributed by atoms with van der Waals surface area (Å²) in [5, 5.41) is 10.3. The van der Waals surface area contributed by atoms with E-state index in [1.54, 1.807) is 16.9 Å². The van der Waals surface area contributed by atoms with E-state index in [2.05, 4.69) is 15.7 Å². The van der Waals surface area contributed by atoms with Crippen molar-refractivity contribution in [1.82, 2.24) is 20.1 Å². The molecule has 1 aliphatic heterocycles. The Morgan fingerprint density at radius 3 is 2.91 bits per heavy atom. The van der Waals surface area contributed by atoms with Crippen molar-refractivity contribution in [2.45, 2.75) is 12.8 Å². The third-order valence-electron chi connectivity index (χ3n) is 5.49. The second-order valence-electron chi connectivity index (χ2n) is 7.81. The molecule has 1 fully saturated rings. The molecule has 1 aliphatic rings. The molecule has 0 bridgehead atoms. The zero-order valence-electron chi connectivity index (χ0n) is 17.8. The van der Waals surface area contributed by atoms with Crippen LogP contribution in [0.1, 0.15) is 12.0 Å². The third-order valence-corrected chi connectivity index (χ3v) is 5.49. The third kappa shape index (κ3) is 4.93. The molecule has 0 aliphatic carbocycles. The van der Waals surface area contributed by atoms with E-state index in [0.29, 0.717) is 43.1 Å². The number of rotatable bonds is 9. The summed E-state index contributed by atoms with van der Waals surface area (Å²) in [6.45, 7) is 1.39. The minimum Gasteiger partial charge on any atom is -0.368 e. The van der Waals surface area contributed by atoms with E-state index < -0.39 is 0 Å². The maximum Gasteiger partial charge on any atom is 0.224 e. The highest BCUT2D eigenvalue weighted by Gasteiger charge is 2.27. The van der Waals surface area contributed by atoms with Gasteiger partial charge in [0.25, 0.3) is 0 Å². The number of halogens is 1. The molecule has 32 heavy (non-hydrogen) atoms. The lowest BCUT2D eigenvalue weighted by molar-refractivity contribution is -0.122. The van der Waals surface area contributed by atoms with Crippen molar-refractivity contribution in [2.75, 3.05) is 29.9 Å². The topological polar surface area (TPSA) is 92.2 Å². The number of amides is 2. The molecule has 1 aromatic carbocycles. The number of carbonyl (C=O) groups is 2. The summed E-state index contributed by atoms with van der Waals surface area (Å²) in [6.07, 6.45) is 5.58. The predicted octanol–water partition coefficient (Wildman–Crippen LogP) is 2.37. The minimum atomic E-state index is -0.276. The number of nitrogens with one attached hydrogen (secondary N) is 2. The summed E-state index contributed by atoms with van der Waals surface area (Å²) < 4.78 is 15.2. The molecule has 3 heterocycles. The lowest BCUT2D eigenvalue weighted by Gasteiger charge is -2.23. The van der Waals surface area contributed by atoms with Crippen LogP contribution in [-0.4, -0.2) is 46.7 Å². The van der Waals surface area contributed by atoms with Crippen LogP contribution >= 0.6 is 0 Å². The molecule has 9 heteroatoms. The Bertz CT molecular complexity index is 1120. The van der Waals surface area contributed by atoms with Crippen molar-refractivity contribution in [3.63, 3.8) is 0 Å². The number of aryl methyl sites for hydroxylation is 1. The second kappa shape index (κ2) is 9.59. The molecule has 2 amide bonds. The van der Waals surface area contributed by atoms with Crippen LogP contribution in [0.3, 0.4) is 0 Å². The number of hydrogen-bond acceptors (Lipinski definition) is 5. The first-order valence-electron chi connectivity index (χ1n) is 10.5. The van der Waals surface area contributed by atoms with E-state index in [9.17, 15) is 14.0 Å². The molecule has 2 aromatic heterocycles. The molecule has 4 rings (SSSR count). The van der Waals surface area contributed by atoms with Crippen LogP contribution in [-0.2, 0) is 23.1 Å². The Morgan fingerprint density at radius 1 is 1.34 bits per heavy atom. The van der Waals surface area contributed by atoms with Crippen LogP contribution in [0, 0.1) is 11.7 Å². The van der Waals surface area contributed by atoms with E-state index >= 15 is 0 Å². The number of benzene rings is 1. The SMILES string of the molecule is Cn1cc(-c2ccc(N(C=O)CC3CCNC3=O)c(NCCc3cccc(F)c3)n2)cn1. The predicted molar refractivity (Wildman–Crippen MR) is 120 cm³/mol.